The molecule has 0 spiro atoms. The predicted octanol–water partition coefficient (Wildman–Crippen LogP) is 1.96. The van der Waals surface area contributed by atoms with Gasteiger partial charge < -0.3 is 10.0 Å². The average molecular weight is 311 g/mol. The van der Waals surface area contributed by atoms with Gasteiger partial charge in [-0.05, 0) is 31.1 Å². The number of aromatic nitrogens is 2. The molecule has 1 aliphatic heterocycles. The Kier molecular flexibility index (Phi) is 4.23. The summed E-state index contributed by atoms with van der Waals surface area (Å²) in [6.45, 7) is 0.490. The topological polar surface area (TPSA) is 75.4 Å². The van der Waals surface area contributed by atoms with Gasteiger partial charge in [0, 0.05) is 24.4 Å². The second-order valence-corrected chi connectivity index (χ2v) is 5.42. The Morgan fingerprint density at radius 1 is 1.26 bits per heavy atom. The van der Waals surface area contributed by atoms with Crippen molar-refractivity contribution in [2.75, 3.05) is 6.54 Å². The van der Waals surface area contributed by atoms with Crippen LogP contribution in [-0.4, -0.2) is 44.3 Å². The summed E-state index contributed by atoms with van der Waals surface area (Å²) in [5.41, 5.74) is 1.72. The highest BCUT2D eigenvalue weighted by Crippen LogP contribution is 2.18. The van der Waals surface area contributed by atoms with Gasteiger partial charge >= 0.3 is 5.97 Å². The van der Waals surface area contributed by atoms with E-state index in [4.69, 9.17) is 5.11 Å². The second kappa shape index (κ2) is 6.48. The van der Waals surface area contributed by atoms with E-state index in [1.807, 2.05) is 36.5 Å². The van der Waals surface area contributed by atoms with Crippen LogP contribution in [0.4, 0.5) is 0 Å². The van der Waals surface area contributed by atoms with Crippen molar-refractivity contribution in [3.05, 3.63) is 54.4 Å². The number of rotatable bonds is 4. The summed E-state index contributed by atoms with van der Waals surface area (Å²) in [6.07, 6.45) is 7.79. The minimum Gasteiger partial charge on any atom is -0.480 e. The molecule has 1 atom stereocenters. The maximum absolute atomic E-state index is 12.2. The normalized spacial score (nSPS) is 17.7. The first-order valence-electron chi connectivity index (χ1n) is 7.47. The Labute approximate surface area is 133 Å². The minimum atomic E-state index is -0.943. The number of amides is 1. The maximum atomic E-state index is 12.2. The predicted molar refractivity (Wildman–Crippen MR) is 85.0 cm³/mol. The molecule has 1 saturated heterocycles. The molecule has 118 valence electrons. The molecule has 0 radical (unpaired) electrons. The van der Waals surface area contributed by atoms with E-state index in [9.17, 15) is 9.59 Å². The summed E-state index contributed by atoms with van der Waals surface area (Å²) >= 11 is 0. The van der Waals surface area contributed by atoms with E-state index < -0.39 is 12.0 Å². The first kappa shape index (κ1) is 15.0. The number of likely N-dealkylation sites (tertiary alicyclic amines) is 1. The lowest BCUT2D eigenvalue weighted by molar-refractivity contribution is -0.146. The molecule has 1 N–H and O–H groups in total. The fraction of sp³-hybridized carbons (Fsp3) is 0.235. The van der Waals surface area contributed by atoms with Gasteiger partial charge in [0.15, 0.2) is 0 Å². The van der Waals surface area contributed by atoms with E-state index in [0.29, 0.717) is 13.0 Å². The van der Waals surface area contributed by atoms with Crippen LogP contribution in [0.1, 0.15) is 18.4 Å². The molecule has 1 aliphatic rings. The first-order valence-corrected chi connectivity index (χ1v) is 7.47. The van der Waals surface area contributed by atoms with Crippen molar-refractivity contribution in [3.63, 3.8) is 0 Å². The fourth-order valence-corrected chi connectivity index (χ4v) is 2.70. The highest BCUT2D eigenvalue weighted by molar-refractivity contribution is 5.94. The third-order valence-electron chi connectivity index (χ3n) is 3.86. The maximum Gasteiger partial charge on any atom is 0.326 e. The second-order valence-electron chi connectivity index (χ2n) is 5.42. The van der Waals surface area contributed by atoms with Gasteiger partial charge in [0.1, 0.15) is 6.04 Å². The number of carboxylic acids is 1. The quantitative estimate of drug-likeness (QED) is 0.876. The highest BCUT2D eigenvalue weighted by Gasteiger charge is 2.32. The molecule has 1 fully saturated rings. The van der Waals surface area contributed by atoms with Gasteiger partial charge in [0.2, 0.25) is 5.91 Å². The van der Waals surface area contributed by atoms with Crippen LogP contribution in [-0.2, 0) is 9.59 Å². The van der Waals surface area contributed by atoms with E-state index in [1.54, 1.807) is 17.0 Å². The van der Waals surface area contributed by atoms with Crippen LogP contribution in [0, 0.1) is 0 Å². The number of carbonyl (C=O) groups excluding carboxylic acids is 1. The summed E-state index contributed by atoms with van der Waals surface area (Å²) in [7, 11) is 0. The molecule has 0 bridgehead atoms. The monoisotopic (exact) mass is 311 g/mol. The molecule has 1 aromatic heterocycles. The van der Waals surface area contributed by atoms with E-state index in [0.717, 1.165) is 17.7 Å². The number of hydrogen-bond acceptors (Lipinski definition) is 3. The molecule has 1 amide bonds. The number of nitrogens with zero attached hydrogens (tertiary/aromatic N) is 3. The Morgan fingerprint density at radius 3 is 2.78 bits per heavy atom. The first-order chi connectivity index (χ1) is 11.1. The van der Waals surface area contributed by atoms with Gasteiger partial charge in [0.05, 0.1) is 11.9 Å². The zero-order valence-electron chi connectivity index (χ0n) is 12.5. The van der Waals surface area contributed by atoms with Gasteiger partial charge in [-0.1, -0.05) is 18.2 Å². The van der Waals surface area contributed by atoms with E-state index >= 15 is 0 Å². The molecule has 6 nitrogen and oxygen atoms in total. The van der Waals surface area contributed by atoms with Crippen molar-refractivity contribution in [2.24, 2.45) is 0 Å². The number of aliphatic carboxylic acids is 1. The molecular formula is C17H17N3O3. The molecule has 0 aliphatic carbocycles. The van der Waals surface area contributed by atoms with Crippen molar-refractivity contribution in [2.45, 2.75) is 18.9 Å². The molecule has 23 heavy (non-hydrogen) atoms. The molecule has 6 heteroatoms. The molecule has 2 aromatic rings. The number of para-hydroxylation sites is 1. The third kappa shape index (κ3) is 3.31. The summed E-state index contributed by atoms with van der Waals surface area (Å²) in [5.74, 6) is -1.22. The third-order valence-corrected chi connectivity index (χ3v) is 3.86. The molecule has 3 rings (SSSR count). The number of benzene rings is 1. The van der Waals surface area contributed by atoms with Gasteiger partial charge in [-0.2, -0.15) is 5.10 Å². The smallest absolute Gasteiger partial charge is 0.326 e. The van der Waals surface area contributed by atoms with Crippen LogP contribution in [0.15, 0.2) is 48.8 Å². The van der Waals surface area contributed by atoms with E-state index in [-0.39, 0.29) is 5.91 Å². The van der Waals surface area contributed by atoms with Crippen molar-refractivity contribution >= 4 is 18.0 Å². The van der Waals surface area contributed by atoms with Crippen molar-refractivity contribution in [1.29, 1.82) is 0 Å². The largest absolute Gasteiger partial charge is 0.480 e. The van der Waals surface area contributed by atoms with Crippen molar-refractivity contribution in [1.82, 2.24) is 14.7 Å². The lowest BCUT2D eigenvalue weighted by Gasteiger charge is -2.19. The van der Waals surface area contributed by atoms with Gasteiger partial charge in [0.25, 0.3) is 0 Å². The van der Waals surface area contributed by atoms with Crippen LogP contribution in [0.25, 0.3) is 11.8 Å². The van der Waals surface area contributed by atoms with Crippen LogP contribution >= 0.6 is 0 Å². The van der Waals surface area contributed by atoms with Crippen molar-refractivity contribution < 1.29 is 14.7 Å². The average Bonchev–Trinajstić information content (AvgIpc) is 3.23. The van der Waals surface area contributed by atoms with Crippen LogP contribution in [0.3, 0.4) is 0 Å². The number of carbonyl (C=O) groups is 2. The molecular weight excluding hydrogens is 294 g/mol. The van der Waals surface area contributed by atoms with Gasteiger partial charge in [-0.15, -0.1) is 0 Å². The van der Waals surface area contributed by atoms with E-state index in [1.165, 1.54) is 11.0 Å². The lowest BCUT2D eigenvalue weighted by atomic mass is 10.2. The molecule has 1 unspecified atom stereocenters. The van der Waals surface area contributed by atoms with Crippen LogP contribution in [0.2, 0.25) is 0 Å². The van der Waals surface area contributed by atoms with Gasteiger partial charge in [-0.25, -0.2) is 9.48 Å². The zero-order valence-corrected chi connectivity index (χ0v) is 12.5. The lowest BCUT2D eigenvalue weighted by Crippen LogP contribution is -2.39. The Balaban J connectivity index is 1.70. The Bertz CT molecular complexity index is 737. The fourth-order valence-electron chi connectivity index (χ4n) is 2.70. The zero-order chi connectivity index (χ0) is 16.2. The molecule has 0 saturated carbocycles. The molecule has 2 heterocycles. The number of carboxylic acid groups (broad SMARTS) is 1. The summed E-state index contributed by atoms with van der Waals surface area (Å²) in [6, 6.07) is 8.95. The summed E-state index contributed by atoms with van der Waals surface area (Å²) in [4.78, 5) is 24.7. The Morgan fingerprint density at radius 2 is 2.04 bits per heavy atom. The Hall–Kier alpha value is -2.89. The summed E-state index contributed by atoms with van der Waals surface area (Å²) < 4.78 is 1.72. The molecule has 1 aromatic carbocycles. The van der Waals surface area contributed by atoms with Gasteiger partial charge in [-0.3, -0.25) is 4.79 Å². The highest BCUT2D eigenvalue weighted by atomic mass is 16.4. The van der Waals surface area contributed by atoms with Crippen LogP contribution in [0.5, 0.6) is 0 Å². The SMILES string of the molecule is O=C(O)C1CCCN1C(=O)C=Cc1cnn(-c2ccccc2)c1. The minimum absolute atomic E-state index is 0.276. The number of hydrogen-bond donors (Lipinski definition) is 1. The van der Waals surface area contributed by atoms with Crippen LogP contribution < -0.4 is 0 Å². The summed E-state index contributed by atoms with van der Waals surface area (Å²) in [5, 5.41) is 13.4. The van der Waals surface area contributed by atoms with Crippen molar-refractivity contribution in [3.8, 4) is 5.69 Å². The standard InChI is InChI=1S/C17H17N3O3/c21-16(19-10-4-7-15(19)17(22)23)9-8-13-11-18-20(12-13)14-5-2-1-3-6-14/h1-3,5-6,8-9,11-12,15H,4,7,10H2,(H,22,23). The van der Waals surface area contributed by atoms with E-state index in [2.05, 4.69) is 5.10 Å².